The highest BCUT2D eigenvalue weighted by atomic mass is 16.3. The fourth-order valence-electron chi connectivity index (χ4n) is 5.43. The van der Waals surface area contributed by atoms with E-state index >= 15 is 0 Å². The molecule has 1 unspecified atom stereocenters. The molecule has 31 heavy (non-hydrogen) atoms. The maximum absolute atomic E-state index is 12.0. The monoisotopic (exact) mass is 430 g/mol. The number of fused-ring (bicyclic) bond motifs is 1. The van der Waals surface area contributed by atoms with E-state index in [-0.39, 0.29) is 17.3 Å². The molecule has 4 nitrogen and oxygen atoms in total. The van der Waals surface area contributed by atoms with Gasteiger partial charge in [-0.15, -0.1) is 0 Å². The second-order valence-corrected chi connectivity index (χ2v) is 10.1. The lowest BCUT2D eigenvalue weighted by Gasteiger charge is -2.41. The first kappa shape index (κ1) is 25.8. The Bertz CT molecular complexity index is 750. The van der Waals surface area contributed by atoms with E-state index in [1.54, 1.807) is 13.8 Å². The number of Topliss-reactive ketones (excluding diaryl/α,β-unsaturated/α-hetero) is 1. The molecular formula is C27H42O4. The summed E-state index contributed by atoms with van der Waals surface area (Å²) in [7, 11) is 1.00. The van der Waals surface area contributed by atoms with E-state index in [9.17, 15) is 15.0 Å². The van der Waals surface area contributed by atoms with Crippen LogP contribution in [0.1, 0.15) is 85.0 Å². The molecule has 0 bridgehead atoms. The first-order valence-corrected chi connectivity index (χ1v) is 11.8. The lowest BCUT2D eigenvalue weighted by atomic mass is 9.63. The lowest BCUT2D eigenvalue weighted by molar-refractivity contribution is -0.134. The number of allylic oxidation sites excluding steroid dienone is 6. The van der Waals surface area contributed by atoms with Crippen molar-refractivity contribution < 1.29 is 20.1 Å². The summed E-state index contributed by atoms with van der Waals surface area (Å²) in [5.41, 5.74) is 4.39. The van der Waals surface area contributed by atoms with Crippen LogP contribution in [0.5, 0.6) is 0 Å². The van der Waals surface area contributed by atoms with Crippen molar-refractivity contribution in [2.24, 2.45) is 11.3 Å². The summed E-state index contributed by atoms with van der Waals surface area (Å²) in [5.74, 6) is 0.485. The summed E-state index contributed by atoms with van der Waals surface area (Å²) in [6.45, 7) is 9.74. The molecule has 2 fully saturated rings. The summed E-state index contributed by atoms with van der Waals surface area (Å²) in [4.78, 5) is 12.0. The van der Waals surface area contributed by atoms with Crippen LogP contribution in [0, 0.1) is 11.3 Å². The highest BCUT2D eigenvalue weighted by Crippen LogP contribution is 2.55. The molecule has 0 aromatic heterocycles. The summed E-state index contributed by atoms with van der Waals surface area (Å²) in [6.07, 6.45) is 16.0. The van der Waals surface area contributed by atoms with Crippen molar-refractivity contribution in [3.05, 3.63) is 47.1 Å². The molecule has 0 aliphatic heterocycles. The van der Waals surface area contributed by atoms with Crippen LogP contribution in [-0.2, 0) is 4.79 Å². The maximum atomic E-state index is 12.0. The van der Waals surface area contributed by atoms with E-state index in [0.29, 0.717) is 12.3 Å². The van der Waals surface area contributed by atoms with E-state index in [0.717, 1.165) is 52.1 Å². The Morgan fingerprint density at radius 1 is 1.29 bits per heavy atom. The molecule has 3 N–H and O–H groups in total. The van der Waals surface area contributed by atoms with Crippen molar-refractivity contribution in [2.45, 2.75) is 96.7 Å². The highest BCUT2D eigenvalue weighted by molar-refractivity contribution is 5.86. The van der Waals surface area contributed by atoms with E-state index in [1.165, 1.54) is 35.1 Å². The zero-order valence-electron chi connectivity index (χ0n) is 19.9. The predicted molar refractivity (Wildman–Crippen MR) is 127 cm³/mol. The zero-order chi connectivity index (χ0) is 23.2. The minimum absolute atomic E-state index is 0.0662. The second-order valence-electron chi connectivity index (χ2n) is 10.1. The van der Waals surface area contributed by atoms with Crippen molar-refractivity contribution in [1.29, 1.82) is 0 Å². The molecule has 4 heteroatoms. The maximum Gasteiger partial charge on any atom is 0.163 e. The number of aliphatic hydroxyl groups excluding tert-OH is 2. The van der Waals surface area contributed by atoms with Gasteiger partial charge in [0.2, 0.25) is 0 Å². The zero-order valence-corrected chi connectivity index (χ0v) is 19.9. The van der Waals surface area contributed by atoms with Gasteiger partial charge in [0.25, 0.3) is 0 Å². The molecule has 3 atom stereocenters. The molecule has 3 aliphatic rings. The van der Waals surface area contributed by atoms with Gasteiger partial charge in [-0.1, -0.05) is 48.5 Å². The van der Waals surface area contributed by atoms with Crippen molar-refractivity contribution >= 4 is 5.78 Å². The Morgan fingerprint density at radius 3 is 2.68 bits per heavy atom. The van der Waals surface area contributed by atoms with Crippen molar-refractivity contribution in [3.63, 3.8) is 0 Å². The van der Waals surface area contributed by atoms with Gasteiger partial charge >= 0.3 is 0 Å². The van der Waals surface area contributed by atoms with Gasteiger partial charge < -0.3 is 15.3 Å². The van der Waals surface area contributed by atoms with Crippen molar-refractivity contribution in [2.75, 3.05) is 7.11 Å². The quantitative estimate of drug-likeness (QED) is 0.507. The molecule has 174 valence electrons. The van der Waals surface area contributed by atoms with Crippen LogP contribution < -0.4 is 0 Å². The van der Waals surface area contributed by atoms with E-state index in [1.807, 2.05) is 0 Å². The fraction of sp³-hybridized carbons (Fsp3) is 0.667. The fourth-order valence-corrected chi connectivity index (χ4v) is 5.43. The van der Waals surface area contributed by atoms with Gasteiger partial charge in [0.05, 0.1) is 6.10 Å². The summed E-state index contributed by atoms with van der Waals surface area (Å²) < 4.78 is 0. The number of carbonyl (C=O) groups excluding carboxylic acids is 1. The van der Waals surface area contributed by atoms with Crippen LogP contribution in [-0.4, -0.2) is 39.9 Å². The average Bonchev–Trinajstić information content (AvgIpc) is 3.06. The SMILES string of the molecule is C=C1CC[C@H](O)C/C1=C\C=C1/CCC[C@]2(C)C(CCCC(=O)C(C)(C)O)=CCC12.CO. The topological polar surface area (TPSA) is 77.8 Å². The lowest BCUT2D eigenvalue weighted by Crippen LogP contribution is -2.32. The molecular weight excluding hydrogens is 388 g/mol. The average molecular weight is 431 g/mol. The largest absolute Gasteiger partial charge is 0.400 e. The number of carbonyl (C=O) groups is 1. The third-order valence-electron chi connectivity index (χ3n) is 7.43. The normalized spacial score (nSPS) is 31.2. The molecule has 0 spiro atoms. The van der Waals surface area contributed by atoms with Crippen LogP contribution >= 0.6 is 0 Å². The van der Waals surface area contributed by atoms with Crippen molar-refractivity contribution in [3.8, 4) is 0 Å². The van der Waals surface area contributed by atoms with Gasteiger partial charge in [-0.3, -0.25) is 4.79 Å². The van der Waals surface area contributed by atoms with Gasteiger partial charge in [0, 0.05) is 13.5 Å². The molecule has 0 amide bonds. The van der Waals surface area contributed by atoms with Crippen molar-refractivity contribution in [1.82, 2.24) is 0 Å². The van der Waals surface area contributed by atoms with Gasteiger partial charge in [-0.2, -0.15) is 0 Å². The molecule has 0 radical (unpaired) electrons. The Labute approximate surface area is 188 Å². The van der Waals surface area contributed by atoms with E-state index in [2.05, 4.69) is 31.7 Å². The van der Waals surface area contributed by atoms with Gasteiger partial charge in [0.1, 0.15) is 5.60 Å². The molecule has 3 aliphatic carbocycles. The molecule has 0 aromatic carbocycles. The minimum Gasteiger partial charge on any atom is -0.400 e. The van der Waals surface area contributed by atoms with Crippen LogP contribution in [0.25, 0.3) is 0 Å². The number of hydrogen-bond acceptors (Lipinski definition) is 4. The van der Waals surface area contributed by atoms with Crippen LogP contribution in [0.4, 0.5) is 0 Å². The number of rotatable bonds is 6. The Hall–Kier alpha value is -1.49. The summed E-state index contributed by atoms with van der Waals surface area (Å²) >= 11 is 0. The van der Waals surface area contributed by atoms with Crippen LogP contribution in [0.15, 0.2) is 47.1 Å². The number of aliphatic hydroxyl groups is 3. The molecule has 3 rings (SSSR count). The van der Waals surface area contributed by atoms with Gasteiger partial charge in [-0.25, -0.2) is 0 Å². The number of ketones is 1. The standard InChI is InChI=1S/C26H38O3.CH4O/c1-18-10-14-22(27)17-20(18)12-11-19-7-6-16-26(4)21(13-15-23(19)26)8-5-9-24(28)25(2,3)29;1-2/h11-13,22-23,27,29H,1,5-10,14-17H2,2-4H3;2H,1H3/b19-11+,20-12+;/t22-,23?,26+;/m0./s1. The Kier molecular flexibility index (Phi) is 9.05. The predicted octanol–water partition coefficient (Wildman–Crippen LogP) is 5.20. The summed E-state index contributed by atoms with van der Waals surface area (Å²) in [6, 6.07) is 0. The third-order valence-corrected chi connectivity index (χ3v) is 7.43. The molecule has 2 saturated carbocycles. The first-order chi connectivity index (χ1) is 14.6. The molecule has 0 saturated heterocycles. The summed E-state index contributed by atoms with van der Waals surface area (Å²) in [5, 5.41) is 26.8. The Morgan fingerprint density at radius 2 is 2.00 bits per heavy atom. The minimum atomic E-state index is -1.22. The van der Waals surface area contributed by atoms with E-state index in [4.69, 9.17) is 5.11 Å². The second kappa shape index (κ2) is 10.9. The van der Waals surface area contributed by atoms with Crippen LogP contribution in [0.2, 0.25) is 0 Å². The third kappa shape index (κ3) is 6.27. The molecule has 0 aromatic rings. The smallest absolute Gasteiger partial charge is 0.163 e. The van der Waals surface area contributed by atoms with Crippen LogP contribution in [0.3, 0.4) is 0 Å². The number of hydrogen-bond donors (Lipinski definition) is 3. The molecule has 0 heterocycles. The van der Waals surface area contributed by atoms with Gasteiger partial charge in [0.15, 0.2) is 5.78 Å². The highest BCUT2D eigenvalue weighted by Gasteiger charge is 2.44. The Balaban J connectivity index is 0.00000166. The van der Waals surface area contributed by atoms with E-state index < -0.39 is 5.60 Å². The first-order valence-electron chi connectivity index (χ1n) is 11.8. The van der Waals surface area contributed by atoms with Gasteiger partial charge in [-0.05, 0) is 88.5 Å².